The third kappa shape index (κ3) is 5.41. The minimum atomic E-state index is -0.471. The van der Waals surface area contributed by atoms with Crippen LogP contribution in [0.3, 0.4) is 0 Å². The van der Waals surface area contributed by atoms with Crippen LogP contribution in [0, 0.1) is 0 Å². The van der Waals surface area contributed by atoms with Gasteiger partial charge in [0, 0.05) is 13.1 Å². The summed E-state index contributed by atoms with van der Waals surface area (Å²) in [5.41, 5.74) is 6.35. The van der Waals surface area contributed by atoms with Gasteiger partial charge in [-0.3, -0.25) is 0 Å². The second-order valence-corrected chi connectivity index (χ2v) is 4.50. The summed E-state index contributed by atoms with van der Waals surface area (Å²) >= 11 is 0. The molecule has 7 nitrogen and oxygen atoms in total. The highest BCUT2D eigenvalue weighted by Crippen LogP contribution is 2.16. The van der Waals surface area contributed by atoms with E-state index in [2.05, 4.69) is 10.3 Å². The van der Waals surface area contributed by atoms with Gasteiger partial charge in [-0.25, -0.2) is 9.78 Å². The summed E-state index contributed by atoms with van der Waals surface area (Å²) in [4.78, 5) is 17.7. The average molecular weight is 282 g/mol. The van der Waals surface area contributed by atoms with E-state index in [0.717, 1.165) is 6.54 Å². The van der Waals surface area contributed by atoms with Gasteiger partial charge in [-0.05, 0) is 20.2 Å². The maximum atomic E-state index is 11.6. The molecule has 0 saturated carbocycles. The summed E-state index contributed by atoms with van der Waals surface area (Å²) in [6.45, 7) is 2.61. The largest absolute Gasteiger partial charge is 0.465 e. The molecule has 0 radical (unpaired) electrons. The number of carbonyl (C=O) groups excluding carboxylic acids is 1. The van der Waals surface area contributed by atoms with Gasteiger partial charge in [0.2, 0.25) is 0 Å². The standard InChI is InChI=1S/C13H22N4O3/c1-17(2)5-7-20-6-4-15-12-11(13(18)19-3)8-10(14)9-16-12/h8-9H,4-7,14H2,1-3H3,(H,15,16). The molecule has 0 bridgehead atoms. The molecule has 0 saturated heterocycles. The molecule has 0 aliphatic carbocycles. The van der Waals surface area contributed by atoms with Crippen LogP contribution in [0.4, 0.5) is 11.5 Å². The molecule has 20 heavy (non-hydrogen) atoms. The van der Waals surface area contributed by atoms with Crippen LogP contribution in [0.25, 0.3) is 0 Å². The van der Waals surface area contributed by atoms with Gasteiger partial charge < -0.3 is 25.4 Å². The van der Waals surface area contributed by atoms with Gasteiger partial charge in [0.15, 0.2) is 0 Å². The summed E-state index contributed by atoms with van der Waals surface area (Å²) in [5.74, 6) is -0.0249. The summed E-state index contributed by atoms with van der Waals surface area (Å²) in [6.07, 6.45) is 1.49. The summed E-state index contributed by atoms with van der Waals surface area (Å²) < 4.78 is 10.1. The number of esters is 1. The molecule has 3 N–H and O–H groups in total. The van der Waals surface area contributed by atoms with E-state index in [-0.39, 0.29) is 0 Å². The van der Waals surface area contributed by atoms with E-state index in [0.29, 0.717) is 36.8 Å². The Morgan fingerprint density at radius 2 is 2.20 bits per heavy atom. The van der Waals surface area contributed by atoms with Crippen LogP contribution >= 0.6 is 0 Å². The predicted molar refractivity (Wildman–Crippen MR) is 77.9 cm³/mol. The molecule has 0 aromatic carbocycles. The molecule has 1 aromatic rings. The molecule has 0 spiro atoms. The molecule has 7 heteroatoms. The first-order valence-corrected chi connectivity index (χ1v) is 6.34. The van der Waals surface area contributed by atoms with Gasteiger partial charge >= 0.3 is 5.97 Å². The van der Waals surface area contributed by atoms with Gasteiger partial charge in [0.25, 0.3) is 0 Å². The monoisotopic (exact) mass is 282 g/mol. The quantitative estimate of drug-likeness (QED) is 0.528. The fraction of sp³-hybridized carbons (Fsp3) is 0.538. The lowest BCUT2D eigenvalue weighted by Gasteiger charge is -2.12. The Kier molecular flexibility index (Phi) is 6.75. The number of ether oxygens (including phenoxy) is 2. The fourth-order valence-corrected chi connectivity index (χ4v) is 1.48. The van der Waals surface area contributed by atoms with E-state index >= 15 is 0 Å². The summed E-state index contributed by atoms with van der Waals surface area (Å²) in [5, 5.41) is 3.04. The zero-order valence-corrected chi connectivity index (χ0v) is 12.2. The Morgan fingerprint density at radius 3 is 2.85 bits per heavy atom. The van der Waals surface area contributed by atoms with Crippen molar-refractivity contribution in [2.24, 2.45) is 0 Å². The molecule has 1 aromatic heterocycles. The SMILES string of the molecule is COC(=O)c1cc(N)cnc1NCCOCCN(C)C. The van der Waals surface area contributed by atoms with Crippen LogP contribution in [0.5, 0.6) is 0 Å². The number of carbonyl (C=O) groups is 1. The zero-order chi connectivity index (χ0) is 15.0. The fourth-order valence-electron chi connectivity index (χ4n) is 1.48. The number of anilines is 2. The number of hydrogen-bond donors (Lipinski definition) is 2. The molecule has 0 unspecified atom stereocenters. The van der Waals surface area contributed by atoms with Crippen molar-refractivity contribution in [2.75, 3.05) is 58.6 Å². The summed E-state index contributed by atoms with van der Waals surface area (Å²) in [6, 6.07) is 1.54. The van der Waals surface area contributed by atoms with Crippen molar-refractivity contribution in [2.45, 2.75) is 0 Å². The third-order valence-electron chi connectivity index (χ3n) is 2.54. The first kappa shape index (κ1) is 16.2. The number of nitrogens with one attached hydrogen (secondary N) is 1. The zero-order valence-electron chi connectivity index (χ0n) is 12.2. The van der Waals surface area contributed by atoms with E-state index in [1.54, 1.807) is 0 Å². The van der Waals surface area contributed by atoms with Crippen LogP contribution in [0.15, 0.2) is 12.3 Å². The number of rotatable bonds is 8. The number of methoxy groups -OCH3 is 1. The van der Waals surface area contributed by atoms with E-state index in [9.17, 15) is 4.79 Å². The number of likely N-dealkylation sites (N-methyl/N-ethyl adjacent to an activating group) is 1. The first-order chi connectivity index (χ1) is 9.54. The maximum Gasteiger partial charge on any atom is 0.341 e. The Hall–Kier alpha value is -1.86. The van der Waals surface area contributed by atoms with Gasteiger partial charge in [-0.15, -0.1) is 0 Å². The van der Waals surface area contributed by atoms with E-state index in [1.807, 2.05) is 19.0 Å². The minimum Gasteiger partial charge on any atom is -0.465 e. The van der Waals surface area contributed by atoms with Crippen molar-refractivity contribution in [1.82, 2.24) is 9.88 Å². The van der Waals surface area contributed by atoms with Crippen molar-refractivity contribution in [3.8, 4) is 0 Å². The minimum absolute atomic E-state index is 0.320. The molecule has 0 fully saturated rings. The molecular formula is C13H22N4O3. The Balaban J connectivity index is 2.45. The van der Waals surface area contributed by atoms with Crippen molar-refractivity contribution in [3.63, 3.8) is 0 Å². The molecule has 1 heterocycles. The van der Waals surface area contributed by atoms with E-state index < -0.39 is 5.97 Å². The second-order valence-electron chi connectivity index (χ2n) is 4.50. The van der Waals surface area contributed by atoms with Crippen LogP contribution < -0.4 is 11.1 Å². The molecule has 0 atom stereocenters. The topological polar surface area (TPSA) is 89.7 Å². The highest BCUT2D eigenvalue weighted by Gasteiger charge is 2.13. The third-order valence-corrected chi connectivity index (χ3v) is 2.54. The lowest BCUT2D eigenvalue weighted by Crippen LogP contribution is -2.20. The molecule has 0 aliphatic rings. The number of nitrogens with two attached hydrogens (primary N) is 1. The predicted octanol–water partition coefficient (Wildman–Crippen LogP) is 0.441. The van der Waals surface area contributed by atoms with Crippen molar-refractivity contribution in [3.05, 3.63) is 17.8 Å². The van der Waals surface area contributed by atoms with E-state index in [4.69, 9.17) is 15.2 Å². The number of pyridine rings is 1. The first-order valence-electron chi connectivity index (χ1n) is 6.34. The summed E-state index contributed by atoms with van der Waals surface area (Å²) in [7, 11) is 5.30. The Morgan fingerprint density at radius 1 is 1.45 bits per heavy atom. The molecule has 0 aliphatic heterocycles. The lowest BCUT2D eigenvalue weighted by molar-refractivity contribution is 0.0601. The highest BCUT2D eigenvalue weighted by atomic mass is 16.5. The molecular weight excluding hydrogens is 260 g/mol. The number of nitrogen functional groups attached to an aromatic ring is 1. The van der Waals surface area contributed by atoms with Crippen LogP contribution in [-0.2, 0) is 9.47 Å². The van der Waals surface area contributed by atoms with Gasteiger partial charge in [0.05, 0.1) is 32.2 Å². The average Bonchev–Trinajstić information content (AvgIpc) is 2.42. The number of aromatic nitrogens is 1. The van der Waals surface area contributed by atoms with Gasteiger partial charge in [0.1, 0.15) is 11.4 Å². The molecule has 1 rings (SSSR count). The van der Waals surface area contributed by atoms with Crippen LogP contribution in [-0.4, -0.2) is 63.4 Å². The Bertz CT molecular complexity index is 438. The van der Waals surface area contributed by atoms with Crippen molar-refractivity contribution in [1.29, 1.82) is 0 Å². The normalized spacial score (nSPS) is 10.6. The van der Waals surface area contributed by atoms with Crippen molar-refractivity contribution >= 4 is 17.5 Å². The highest BCUT2D eigenvalue weighted by molar-refractivity contribution is 5.95. The van der Waals surface area contributed by atoms with E-state index in [1.165, 1.54) is 19.4 Å². The van der Waals surface area contributed by atoms with Gasteiger partial charge in [-0.2, -0.15) is 0 Å². The number of nitrogens with zero attached hydrogens (tertiary/aromatic N) is 2. The Labute approximate surface area is 119 Å². The maximum absolute atomic E-state index is 11.6. The molecule has 0 amide bonds. The van der Waals surface area contributed by atoms with Crippen molar-refractivity contribution < 1.29 is 14.3 Å². The second kappa shape index (κ2) is 8.34. The smallest absolute Gasteiger partial charge is 0.341 e. The molecule has 112 valence electrons. The van der Waals surface area contributed by atoms with Gasteiger partial charge in [-0.1, -0.05) is 0 Å². The lowest BCUT2D eigenvalue weighted by atomic mass is 10.2. The number of hydrogen-bond acceptors (Lipinski definition) is 7. The van der Waals surface area contributed by atoms with Crippen LogP contribution in [0.1, 0.15) is 10.4 Å². The van der Waals surface area contributed by atoms with Crippen LogP contribution in [0.2, 0.25) is 0 Å².